The van der Waals surface area contributed by atoms with Gasteiger partial charge in [-0.05, 0) is 23.8 Å². The van der Waals surface area contributed by atoms with Crippen LogP contribution in [0.4, 0.5) is 10.5 Å². The number of hydrogen-bond acceptors (Lipinski definition) is 5. The number of H-pyrrole nitrogens is 1. The van der Waals surface area contributed by atoms with Gasteiger partial charge >= 0.3 is 6.03 Å². The summed E-state index contributed by atoms with van der Waals surface area (Å²) in [6.07, 6.45) is 0. The predicted octanol–water partition coefficient (Wildman–Crippen LogP) is 1.25. The molecule has 3 amide bonds. The van der Waals surface area contributed by atoms with Crippen LogP contribution in [0.25, 0.3) is 0 Å². The highest BCUT2D eigenvalue weighted by Crippen LogP contribution is 2.21. The fourth-order valence-electron chi connectivity index (χ4n) is 2.98. The fourth-order valence-corrected chi connectivity index (χ4v) is 2.98. The number of rotatable bonds is 5. The number of carbonyl (C=O) groups excluding carboxylic acids is 2. The number of nitrogens with zero attached hydrogens (tertiary/aromatic N) is 4. The lowest BCUT2D eigenvalue weighted by Crippen LogP contribution is -2.31. The van der Waals surface area contributed by atoms with Crippen molar-refractivity contribution < 1.29 is 9.59 Å². The van der Waals surface area contributed by atoms with Gasteiger partial charge in [0.25, 0.3) is 5.91 Å². The molecule has 2 heterocycles. The van der Waals surface area contributed by atoms with Crippen LogP contribution in [0.1, 0.15) is 27.8 Å². The second-order valence-corrected chi connectivity index (χ2v) is 6.02. The first-order valence-corrected chi connectivity index (χ1v) is 8.47. The normalized spacial score (nSPS) is 14.7. The number of anilines is 1. The van der Waals surface area contributed by atoms with E-state index in [2.05, 4.69) is 31.3 Å². The van der Waals surface area contributed by atoms with E-state index in [0.717, 1.165) is 5.56 Å². The zero-order chi connectivity index (χ0) is 18.6. The minimum absolute atomic E-state index is 0.165. The smallest absolute Gasteiger partial charge is 0.321 e. The zero-order valence-corrected chi connectivity index (χ0v) is 14.3. The third-order valence-electron chi connectivity index (χ3n) is 4.31. The third kappa shape index (κ3) is 3.47. The molecule has 1 saturated heterocycles. The fraction of sp³-hybridized carbons (Fsp3) is 0.167. The maximum Gasteiger partial charge on any atom is 0.321 e. The molecule has 1 aliphatic heterocycles. The van der Waals surface area contributed by atoms with Gasteiger partial charge in [0, 0.05) is 24.3 Å². The Morgan fingerprint density at radius 3 is 2.70 bits per heavy atom. The molecule has 0 bridgehead atoms. The molecule has 136 valence electrons. The highest BCUT2D eigenvalue weighted by Gasteiger charge is 2.24. The average Bonchev–Trinajstić information content (AvgIpc) is 3.38. The predicted molar refractivity (Wildman–Crippen MR) is 97.1 cm³/mol. The number of amides is 3. The van der Waals surface area contributed by atoms with Crippen molar-refractivity contribution in [1.29, 1.82) is 0 Å². The van der Waals surface area contributed by atoms with Crippen molar-refractivity contribution in [3.63, 3.8) is 0 Å². The van der Waals surface area contributed by atoms with Crippen LogP contribution in [-0.2, 0) is 0 Å². The van der Waals surface area contributed by atoms with Gasteiger partial charge in [-0.3, -0.25) is 9.69 Å². The molecule has 4 rings (SSSR count). The number of urea groups is 1. The summed E-state index contributed by atoms with van der Waals surface area (Å²) < 4.78 is 0. The SMILES string of the molecule is O=C(NC(c1ccccc1)c1nn[nH]n1)c1cccc(N2CCNC2=O)c1. The van der Waals surface area contributed by atoms with Gasteiger partial charge in [-0.15, -0.1) is 10.2 Å². The van der Waals surface area contributed by atoms with Crippen LogP contribution in [0, 0.1) is 0 Å². The summed E-state index contributed by atoms with van der Waals surface area (Å²) >= 11 is 0. The minimum atomic E-state index is -0.545. The van der Waals surface area contributed by atoms with E-state index in [1.807, 2.05) is 30.3 Å². The summed E-state index contributed by atoms with van der Waals surface area (Å²) in [5.74, 6) is 0.0692. The van der Waals surface area contributed by atoms with Gasteiger partial charge in [0.2, 0.25) is 5.82 Å². The Morgan fingerprint density at radius 2 is 2.00 bits per heavy atom. The summed E-state index contributed by atoms with van der Waals surface area (Å²) in [7, 11) is 0. The van der Waals surface area contributed by atoms with Gasteiger partial charge in [-0.1, -0.05) is 41.6 Å². The highest BCUT2D eigenvalue weighted by atomic mass is 16.2. The van der Waals surface area contributed by atoms with E-state index in [4.69, 9.17) is 0 Å². The lowest BCUT2D eigenvalue weighted by molar-refractivity contribution is 0.0941. The molecule has 0 saturated carbocycles. The van der Waals surface area contributed by atoms with Crippen molar-refractivity contribution in [2.75, 3.05) is 18.0 Å². The van der Waals surface area contributed by atoms with Crippen molar-refractivity contribution in [3.05, 3.63) is 71.5 Å². The molecule has 1 aromatic heterocycles. The second-order valence-electron chi connectivity index (χ2n) is 6.02. The van der Waals surface area contributed by atoms with Gasteiger partial charge in [0.1, 0.15) is 6.04 Å². The van der Waals surface area contributed by atoms with Crippen LogP contribution in [-0.4, -0.2) is 45.7 Å². The molecule has 1 unspecified atom stereocenters. The number of carbonyl (C=O) groups is 2. The summed E-state index contributed by atoms with van der Waals surface area (Å²) in [5.41, 5.74) is 1.95. The molecule has 2 aromatic carbocycles. The zero-order valence-electron chi connectivity index (χ0n) is 14.3. The van der Waals surface area contributed by atoms with E-state index in [0.29, 0.717) is 30.2 Å². The van der Waals surface area contributed by atoms with Gasteiger partial charge in [0.05, 0.1) is 0 Å². The summed E-state index contributed by atoms with van der Waals surface area (Å²) in [6.45, 7) is 1.16. The first-order chi connectivity index (χ1) is 13.2. The minimum Gasteiger partial charge on any atom is -0.338 e. The Kier molecular flexibility index (Phi) is 4.48. The van der Waals surface area contributed by atoms with Crippen LogP contribution >= 0.6 is 0 Å². The lowest BCUT2D eigenvalue weighted by Gasteiger charge is -2.18. The first-order valence-electron chi connectivity index (χ1n) is 8.47. The van der Waals surface area contributed by atoms with Crippen molar-refractivity contribution in [1.82, 2.24) is 31.3 Å². The van der Waals surface area contributed by atoms with Gasteiger partial charge < -0.3 is 10.6 Å². The van der Waals surface area contributed by atoms with Crippen LogP contribution in [0.2, 0.25) is 0 Å². The molecular weight excluding hydrogens is 346 g/mol. The highest BCUT2D eigenvalue weighted by molar-refractivity contribution is 5.98. The van der Waals surface area contributed by atoms with E-state index in [9.17, 15) is 9.59 Å². The number of aromatic nitrogens is 4. The van der Waals surface area contributed by atoms with Crippen LogP contribution < -0.4 is 15.5 Å². The van der Waals surface area contributed by atoms with E-state index >= 15 is 0 Å². The molecule has 3 N–H and O–H groups in total. The summed E-state index contributed by atoms with van der Waals surface area (Å²) in [6, 6.07) is 15.6. The largest absolute Gasteiger partial charge is 0.338 e. The van der Waals surface area contributed by atoms with Crippen molar-refractivity contribution in [2.45, 2.75) is 6.04 Å². The summed E-state index contributed by atoms with van der Waals surface area (Å²) in [4.78, 5) is 26.3. The Labute approximate surface area is 154 Å². The maximum atomic E-state index is 12.9. The third-order valence-corrected chi connectivity index (χ3v) is 4.31. The number of aromatic amines is 1. The Balaban J connectivity index is 1.59. The van der Waals surface area contributed by atoms with Crippen molar-refractivity contribution >= 4 is 17.6 Å². The first kappa shape index (κ1) is 16.7. The number of benzene rings is 2. The topological polar surface area (TPSA) is 116 Å². The lowest BCUT2D eigenvalue weighted by atomic mass is 10.1. The van der Waals surface area contributed by atoms with Gasteiger partial charge in [-0.25, -0.2) is 4.79 Å². The second kappa shape index (κ2) is 7.24. The van der Waals surface area contributed by atoms with E-state index in [1.165, 1.54) is 0 Å². The monoisotopic (exact) mass is 363 g/mol. The molecule has 3 aromatic rings. The van der Waals surface area contributed by atoms with Crippen LogP contribution in [0.3, 0.4) is 0 Å². The molecule has 9 heteroatoms. The van der Waals surface area contributed by atoms with Crippen molar-refractivity contribution in [3.8, 4) is 0 Å². The quantitative estimate of drug-likeness (QED) is 0.631. The molecule has 0 spiro atoms. The van der Waals surface area contributed by atoms with Crippen LogP contribution in [0.5, 0.6) is 0 Å². The molecule has 1 atom stereocenters. The molecule has 1 fully saturated rings. The molecule has 0 aliphatic carbocycles. The molecule has 9 nitrogen and oxygen atoms in total. The molecule has 27 heavy (non-hydrogen) atoms. The Morgan fingerprint density at radius 1 is 1.15 bits per heavy atom. The summed E-state index contributed by atoms with van der Waals surface area (Å²) in [5, 5.41) is 19.7. The van der Waals surface area contributed by atoms with Gasteiger partial charge in [0.15, 0.2) is 0 Å². The molecule has 0 radical (unpaired) electrons. The van der Waals surface area contributed by atoms with Crippen LogP contribution in [0.15, 0.2) is 54.6 Å². The van der Waals surface area contributed by atoms with Gasteiger partial charge in [-0.2, -0.15) is 5.21 Å². The number of nitrogens with one attached hydrogen (secondary N) is 3. The van der Waals surface area contributed by atoms with E-state index in [1.54, 1.807) is 29.2 Å². The molecule has 1 aliphatic rings. The average molecular weight is 363 g/mol. The number of hydrogen-bond donors (Lipinski definition) is 3. The number of tetrazole rings is 1. The van der Waals surface area contributed by atoms with E-state index < -0.39 is 6.04 Å². The maximum absolute atomic E-state index is 12.9. The standard InChI is InChI=1S/C18H17N7O2/c26-17(13-7-4-8-14(11-13)25-10-9-19-18(25)27)20-15(16-21-23-24-22-16)12-5-2-1-3-6-12/h1-8,11,15H,9-10H2,(H,19,27)(H,20,26)(H,21,22,23,24). The Bertz CT molecular complexity index is 943. The van der Waals surface area contributed by atoms with Crippen molar-refractivity contribution in [2.24, 2.45) is 0 Å². The Hall–Kier alpha value is -3.75. The van der Waals surface area contributed by atoms with E-state index in [-0.39, 0.29) is 11.9 Å². The molecular formula is C18H17N7O2.